The van der Waals surface area contributed by atoms with Crippen LogP contribution in [-0.2, 0) is 9.63 Å². The zero-order chi connectivity index (χ0) is 11.4. The van der Waals surface area contributed by atoms with Crippen molar-refractivity contribution >= 4 is 5.78 Å². The monoisotopic (exact) mass is 201 g/mol. The molecule has 3 nitrogen and oxygen atoms in total. The highest BCUT2D eigenvalue weighted by atomic mass is 16.7. The van der Waals surface area contributed by atoms with Gasteiger partial charge in [0.1, 0.15) is 5.60 Å². The molecule has 0 atom stereocenters. The topological polar surface area (TPSA) is 38.3 Å². The van der Waals surface area contributed by atoms with Gasteiger partial charge in [0.2, 0.25) is 0 Å². The Balaban J connectivity index is 4.01. The third kappa shape index (κ3) is 4.72. The predicted octanol–water partition coefficient (Wildman–Crippen LogP) is 2.17. The van der Waals surface area contributed by atoms with Gasteiger partial charge in [-0.2, -0.15) is 0 Å². The van der Waals surface area contributed by atoms with Crippen LogP contribution in [0.3, 0.4) is 0 Å². The predicted molar refractivity (Wildman–Crippen MR) is 57.8 cm³/mol. The van der Waals surface area contributed by atoms with Crippen LogP contribution in [0.15, 0.2) is 0 Å². The molecule has 0 spiro atoms. The molecular formula is C11H23NO2. The SMILES string of the molecule is CC(C)CNOC(C)(C)C(=O)C(C)C. The number of hydrogen-bond donors (Lipinski definition) is 1. The van der Waals surface area contributed by atoms with Crippen LogP contribution in [0.1, 0.15) is 41.5 Å². The van der Waals surface area contributed by atoms with Crippen LogP contribution in [-0.4, -0.2) is 17.9 Å². The van der Waals surface area contributed by atoms with Crippen LogP contribution in [0, 0.1) is 11.8 Å². The molecule has 0 saturated carbocycles. The lowest BCUT2D eigenvalue weighted by Gasteiger charge is -2.25. The standard InChI is InChI=1S/C11H23NO2/c1-8(2)7-12-14-11(5,6)10(13)9(3)4/h8-9,12H,7H2,1-6H3. The molecule has 0 rings (SSSR count). The first-order valence-corrected chi connectivity index (χ1v) is 5.22. The summed E-state index contributed by atoms with van der Waals surface area (Å²) in [5, 5.41) is 0. The maximum Gasteiger partial charge on any atom is 0.168 e. The first kappa shape index (κ1) is 13.6. The molecule has 84 valence electrons. The Bertz CT molecular complexity index is 186. The fraction of sp³-hybridized carbons (Fsp3) is 0.909. The highest BCUT2D eigenvalue weighted by Crippen LogP contribution is 2.14. The quantitative estimate of drug-likeness (QED) is 0.669. The molecule has 14 heavy (non-hydrogen) atoms. The van der Waals surface area contributed by atoms with E-state index in [1.54, 1.807) is 13.8 Å². The van der Waals surface area contributed by atoms with Gasteiger partial charge in [0.15, 0.2) is 5.78 Å². The van der Waals surface area contributed by atoms with Gasteiger partial charge in [-0.15, -0.1) is 0 Å². The summed E-state index contributed by atoms with van der Waals surface area (Å²) in [6.45, 7) is 12.3. The highest BCUT2D eigenvalue weighted by molar-refractivity contribution is 5.88. The number of nitrogens with one attached hydrogen (secondary N) is 1. The van der Waals surface area contributed by atoms with Gasteiger partial charge in [-0.3, -0.25) is 9.63 Å². The highest BCUT2D eigenvalue weighted by Gasteiger charge is 2.30. The molecule has 0 unspecified atom stereocenters. The number of ketones is 1. The van der Waals surface area contributed by atoms with Crippen molar-refractivity contribution in [1.82, 2.24) is 5.48 Å². The maximum atomic E-state index is 11.7. The van der Waals surface area contributed by atoms with Crippen molar-refractivity contribution in [3.8, 4) is 0 Å². The summed E-state index contributed by atoms with van der Waals surface area (Å²) in [6, 6.07) is 0. The second-order valence-corrected chi connectivity index (χ2v) is 4.87. The van der Waals surface area contributed by atoms with Crippen molar-refractivity contribution in [2.24, 2.45) is 11.8 Å². The fourth-order valence-corrected chi connectivity index (χ4v) is 1.13. The van der Waals surface area contributed by atoms with Crippen LogP contribution in [0.2, 0.25) is 0 Å². The molecule has 0 amide bonds. The number of rotatable bonds is 6. The molecule has 0 heterocycles. The van der Waals surface area contributed by atoms with E-state index in [1.165, 1.54) is 0 Å². The van der Waals surface area contributed by atoms with Crippen molar-refractivity contribution in [2.45, 2.75) is 47.1 Å². The molecule has 0 aliphatic heterocycles. The van der Waals surface area contributed by atoms with E-state index in [4.69, 9.17) is 4.84 Å². The lowest BCUT2D eigenvalue weighted by molar-refractivity contribution is -0.154. The van der Waals surface area contributed by atoms with Crippen molar-refractivity contribution in [1.29, 1.82) is 0 Å². The number of hydroxylamine groups is 1. The molecule has 1 N–H and O–H groups in total. The summed E-state index contributed by atoms with van der Waals surface area (Å²) in [5.41, 5.74) is 2.11. The normalized spacial score (nSPS) is 12.6. The van der Waals surface area contributed by atoms with Gasteiger partial charge in [0.25, 0.3) is 0 Å². The van der Waals surface area contributed by atoms with Gasteiger partial charge in [-0.05, 0) is 19.8 Å². The number of Topliss-reactive ketones (excluding diaryl/α,β-unsaturated/α-hetero) is 1. The van der Waals surface area contributed by atoms with Crippen LogP contribution in [0.5, 0.6) is 0 Å². The number of hydrogen-bond acceptors (Lipinski definition) is 3. The summed E-state index contributed by atoms with van der Waals surface area (Å²) in [7, 11) is 0. The average molecular weight is 201 g/mol. The van der Waals surface area contributed by atoms with E-state index in [0.29, 0.717) is 5.92 Å². The van der Waals surface area contributed by atoms with E-state index in [1.807, 2.05) is 13.8 Å². The van der Waals surface area contributed by atoms with Crippen molar-refractivity contribution < 1.29 is 9.63 Å². The Labute approximate surface area is 87.2 Å². The van der Waals surface area contributed by atoms with E-state index in [9.17, 15) is 4.79 Å². The molecule has 3 heteroatoms. The lowest BCUT2D eigenvalue weighted by atomic mass is 9.94. The first-order valence-electron chi connectivity index (χ1n) is 5.22. The Morgan fingerprint density at radius 1 is 1.29 bits per heavy atom. The van der Waals surface area contributed by atoms with E-state index < -0.39 is 5.60 Å². The second kappa shape index (κ2) is 5.47. The van der Waals surface area contributed by atoms with Gasteiger partial charge in [0.05, 0.1) is 0 Å². The van der Waals surface area contributed by atoms with E-state index in [0.717, 1.165) is 6.54 Å². The molecule has 0 radical (unpaired) electrons. The Morgan fingerprint density at radius 2 is 1.79 bits per heavy atom. The van der Waals surface area contributed by atoms with Crippen LogP contribution >= 0.6 is 0 Å². The summed E-state index contributed by atoms with van der Waals surface area (Å²) >= 11 is 0. The summed E-state index contributed by atoms with van der Waals surface area (Å²) < 4.78 is 0. The van der Waals surface area contributed by atoms with E-state index in [-0.39, 0.29) is 11.7 Å². The molecule has 0 bridgehead atoms. The Kier molecular flexibility index (Phi) is 5.31. The molecule has 0 fully saturated rings. The molecular weight excluding hydrogens is 178 g/mol. The van der Waals surface area contributed by atoms with Gasteiger partial charge in [-0.25, -0.2) is 5.48 Å². The Morgan fingerprint density at radius 3 is 2.14 bits per heavy atom. The summed E-state index contributed by atoms with van der Waals surface area (Å²) in [6.07, 6.45) is 0. The van der Waals surface area contributed by atoms with Gasteiger partial charge >= 0.3 is 0 Å². The van der Waals surface area contributed by atoms with Gasteiger partial charge in [-0.1, -0.05) is 27.7 Å². The zero-order valence-corrected chi connectivity index (χ0v) is 10.2. The average Bonchev–Trinajstić information content (AvgIpc) is 2.01. The number of carbonyl (C=O) groups excluding carboxylic acids is 1. The fourth-order valence-electron chi connectivity index (χ4n) is 1.13. The maximum absolute atomic E-state index is 11.7. The summed E-state index contributed by atoms with van der Waals surface area (Å²) in [4.78, 5) is 17.0. The molecule has 0 saturated heterocycles. The smallest absolute Gasteiger partial charge is 0.168 e. The third-order valence-corrected chi connectivity index (χ3v) is 1.94. The molecule has 0 aromatic heterocycles. The Hall–Kier alpha value is -0.410. The molecule has 0 aliphatic rings. The summed E-state index contributed by atoms with van der Waals surface area (Å²) in [5.74, 6) is 0.638. The van der Waals surface area contributed by atoms with E-state index in [2.05, 4.69) is 19.3 Å². The first-order chi connectivity index (χ1) is 6.27. The van der Waals surface area contributed by atoms with Gasteiger partial charge in [0, 0.05) is 12.5 Å². The molecule has 0 aromatic rings. The minimum Gasteiger partial charge on any atom is -0.296 e. The molecule has 0 aromatic carbocycles. The zero-order valence-electron chi connectivity index (χ0n) is 10.2. The molecule has 0 aliphatic carbocycles. The van der Waals surface area contributed by atoms with E-state index >= 15 is 0 Å². The number of carbonyl (C=O) groups is 1. The third-order valence-electron chi connectivity index (χ3n) is 1.94. The largest absolute Gasteiger partial charge is 0.296 e. The lowest BCUT2D eigenvalue weighted by Crippen LogP contribution is -2.43. The van der Waals surface area contributed by atoms with Crippen molar-refractivity contribution in [3.05, 3.63) is 0 Å². The van der Waals surface area contributed by atoms with Crippen LogP contribution < -0.4 is 5.48 Å². The van der Waals surface area contributed by atoms with Crippen LogP contribution in [0.25, 0.3) is 0 Å². The minimum absolute atomic E-state index is 0.00542. The minimum atomic E-state index is -0.733. The van der Waals surface area contributed by atoms with Crippen molar-refractivity contribution in [2.75, 3.05) is 6.54 Å². The second-order valence-electron chi connectivity index (χ2n) is 4.87. The van der Waals surface area contributed by atoms with Crippen LogP contribution in [0.4, 0.5) is 0 Å². The van der Waals surface area contributed by atoms with Gasteiger partial charge < -0.3 is 0 Å². The van der Waals surface area contributed by atoms with Crippen molar-refractivity contribution in [3.63, 3.8) is 0 Å².